The van der Waals surface area contributed by atoms with Gasteiger partial charge in [-0.1, -0.05) is 35.1 Å². The molecule has 0 aliphatic carbocycles. The van der Waals surface area contributed by atoms with E-state index in [-0.39, 0.29) is 17.1 Å². The molecule has 6 nitrogen and oxygen atoms in total. The van der Waals surface area contributed by atoms with Gasteiger partial charge in [0, 0.05) is 16.8 Å². The van der Waals surface area contributed by atoms with E-state index in [0.29, 0.717) is 38.1 Å². The highest BCUT2D eigenvalue weighted by Crippen LogP contribution is 2.37. The van der Waals surface area contributed by atoms with Crippen molar-refractivity contribution in [2.24, 2.45) is 0 Å². The minimum Gasteiger partial charge on any atom is -0.502 e. The number of hydrogen-bond donors (Lipinski definition) is 1. The predicted molar refractivity (Wildman–Crippen MR) is 114 cm³/mol. The lowest BCUT2D eigenvalue weighted by atomic mass is 10.1. The Morgan fingerprint density at radius 2 is 1.97 bits per heavy atom. The second kappa shape index (κ2) is 7.77. The van der Waals surface area contributed by atoms with Gasteiger partial charge < -0.3 is 14.6 Å². The highest BCUT2D eigenvalue weighted by Gasteiger charge is 2.13. The van der Waals surface area contributed by atoms with E-state index in [9.17, 15) is 9.90 Å². The molecule has 2 aromatic carbocycles. The Morgan fingerprint density at radius 1 is 1.24 bits per heavy atom. The Bertz CT molecular complexity index is 1300. The van der Waals surface area contributed by atoms with Crippen LogP contribution in [0.25, 0.3) is 22.3 Å². The number of phenols is 1. The molecule has 0 bridgehead atoms. The second-order valence-electron chi connectivity index (χ2n) is 6.20. The van der Waals surface area contributed by atoms with Crippen molar-refractivity contribution >= 4 is 34.0 Å². The summed E-state index contributed by atoms with van der Waals surface area (Å²) in [7, 11) is 1.46. The summed E-state index contributed by atoms with van der Waals surface area (Å²) in [5.74, 6) is 0.514. The lowest BCUT2D eigenvalue weighted by Gasteiger charge is -2.10. The molecule has 1 N–H and O–H groups in total. The molecule has 0 radical (unpaired) electrons. The van der Waals surface area contributed by atoms with Crippen molar-refractivity contribution in [2.75, 3.05) is 13.7 Å². The van der Waals surface area contributed by atoms with E-state index >= 15 is 0 Å². The summed E-state index contributed by atoms with van der Waals surface area (Å²) in [4.78, 5) is 18.0. The molecule has 0 aliphatic heterocycles. The SMILES string of the molecule is CCOc1cc(C=c2sc3nc(-c4ccc(Cl)cc4)cn3c2=O)cc(OC)c1O. The van der Waals surface area contributed by atoms with Crippen LogP contribution in [0.15, 0.2) is 47.4 Å². The number of benzene rings is 2. The third kappa shape index (κ3) is 3.66. The first-order valence-electron chi connectivity index (χ1n) is 8.83. The van der Waals surface area contributed by atoms with Gasteiger partial charge in [-0.15, -0.1) is 0 Å². The summed E-state index contributed by atoms with van der Waals surface area (Å²) in [6.07, 6.45) is 3.45. The van der Waals surface area contributed by atoms with Crippen molar-refractivity contribution in [3.8, 4) is 28.5 Å². The first kappa shape index (κ1) is 19.3. The second-order valence-corrected chi connectivity index (χ2v) is 7.65. The van der Waals surface area contributed by atoms with Gasteiger partial charge in [0.2, 0.25) is 5.75 Å². The van der Waals surface area contributed by atoms with E-state index in [2.05, 4.69) is 4.98 Å². The average molecular weight is 429 g/mol. The topological polar surface area (TPSA) is 73.1 Å². The molecule has 8 heteroatoms. The zero-order chi connectivity index (χ0) is 20.5. The summed E-state index contributed by atoms with van der Waals surface area (Å²) in [6, 6.07) is 10.6. The fraction of sp³-hybridized carbons (Fsp3) is 0.143. The van der Waals surface area contributed by atoms with E-state index in [1.54, 1.807) is 36.5 Å². The number of rotatable bonds is 5. The number of thiazole rings is 1. The van der Waals surface area contributed by atoms with Crippen LogP contribution in [-0.4, -0.2) is 28.2 Å². The number of aromatic nitrogens is 2. The molecule has 0 saturated carbocycles. The fourth-order valence-electron chi connectivity index (χ4n) is 2.95. The van der Waals surface area contributed by atoms with Gasteiger partial charge in [0.1, 0.15) is 0 Å². The number of methoxy groups -OCH3 is 1. The lowest BCUT2D eigenvalue weighted by Crippen LogP contribution is -2.22. The number of imidazole rings is 1. The summed E-state index contributed by atoms with van der Waals surface area (Å²) in [5.41, 5.74) is 2.12. The maximum absolute atomic E-state index is 12.8. The molecule has 4 rings (SSSR count). The Morgan fingerprint density at radius 3 is 2.62 bits per heavy atom. The molecular weight excluding hydrogens is 412 g/mol. The van der Waals surface area contributed by atoms with Crippen molar-refractivity contribution in [3.05, 3.63) is 68.1 Å². The van der Waals surface area contributed by atoms with Gasteiger partial charge in [0.05, 0.1) is 23.9 Å². The monoisotopic (exact) mass is 428 g/mol. The van der Waals surface area contributed by atoms with Crippen molar-refractivity contribution < 1.29 is 14.6 Å². The van der Waals surface area contributed by atoms with Crippen molar-refractivity contribution in [1.82, 2.24) is 9.38 Å². The van der Waals surface area contributed by atoms with Gasteiger partial charge in [-0.25, -0.2) is 4.98 Å². The molecule has 0 saturated heterocycles. The number of fused-ring (bicyclic) bond motifs is 1. The minimum absolute atomic E-state index is 0.0672. The maximum atomic E-state index is 12.8. The normalized spacial score (nSPS) is 11.9. The van der Waals surface area contributed by atoms with E-state index < -0.39 is 0 Å². The molecule has 0 amide bonds. The van der Waals surface area contributed by atoms with E-state index in [1.165, 1.54) is 22.8 Å². The van der Waals surface area contributed by atoms with Crippen molar-refractivity contribution in [2.45, 2.75) is 6.92 Å². The van der Waals surface area contributed by atoms with Crippen LogP contribution in [0.3, 0.4) is 0 Å². The van der Waals surface area contributed by atoms with Crippen LogP contribution < -0.4 is 19.6 Å². The molecule has 0 unspecified atom stereocenters. The number of aromatic hydroxyl groups is 1. The molecule has 29 heavy (non-hydrogen) atoms. The quantitative estimate of drug-likeness (QED) is 0.524. The molecule has 148 valence electrons. The van der Waals surface area contributed by atoms with Gasteiger partial charge >= 0.3 is 0 Å². The van der Waals surface area contributed by atoms with Gasteiger partial charge in [-0.3, -0.25) is 9.20 Å². The zero-order valence-corrected chi connectivity index (χ0v) is 17.3. The van der Waals surface area contributed by atoms with E-state index in [1.807, 2.05) is 19.1 Å². The van der Waals surface area contributed by atoms with E-state index in [0.717, 1.165) is 5.56 Å². The van der Waals surface area contributed by atoms with Gasteiger partial charge in [-0.2, -0.15) is 0 Å². The number of phenolic OH excluding ortho intramolecular Hbond substituents is 1. The van der Waals surface area contributed by atoms with Gasteiger partial charge in [-0.05, 0) is 42.8 Å². The molecule has 2 heterocycles. The first-order valence-corrected chi connectivity index (χ1v) is 10.0. The smallest absolute Gasteiger partial charge is 0.274 e. The Labute approximate surface area is 175 Å². The molecule has 4 aromatic rings. The molecule has 0 aliphatic rings. The molecule has 0 atom stereocenters. The number of ether oxygens (including phenoxy) is 2. The predicted octanol–water partition coefficient (Wildman–Crippen LogP) is 3.74. The van der Waals surface area contributed by atoms with Crippen LogP contribution in [0, 0.1) is 0 Å². The van der Waals surface area contributed by atoms with E-state index in [4.69, 9.17) is 21.1 Å². The fourth-order valence-corrected chi connectivity index (χ4v) is 4.03. The summed E-state index contributed by atoms with van der Waals surface area (Å²) in [6.45, 7) is 2.22. The van der Waals surface area contributed by atoms with Crippen molar-refractivity contribution in [3.63, 3.8) is 0 Å². The number of halogens is 1. The van der Waals surface area contributed by atoms with Crippen LogP contribution in [0.2, 0.25) is 5.02 Å². The van der Waals surface area contributed by atoms with Crippen LogP contribution in [0.5, 0.6) is 17.2 Å². The molecule has 2 aromatic heterocycles. The zero-order valence-electron chi connectivity index (χ0n) is 15.7. The third-order valence-corrected chi connectivity index (χ3v) is 5.56. The lowest BCUT2D eigenvalue weighted by molar-refractivity contribution is 0.305. The Balaban J connectivity index is 1.79. The Hall–Kier alpha value is -3.03. The summed E-state index contributed by atoms with van der Waals surface area (Å²) < 4.78 is 12.7. The van der Waals surface area contributed by atoms with Crippen LogP contribution in [0.4, 0.5) is 0 Å². The third-order valence-electron chi connectivity index (χ3n) is 4.32. The standard InChI is InChI=1S/C21H17ClN2O4S/c1-3-28-17-9-12(8-16(27-2)19(17)25)10-18-20(26)24-11-15(23-21(24)29-18)13-4-6-14(22)7-5-13/h4-11,25H,3H2,1-2H3. The summed E-state index contributed by atoms with van der Waals surface area (Å²) >= 11 is 7.22. The van der Waals surface area contributed by atoms with Gasteiger partial charge in [0.15, 0.2) is 16.5 Å². The summed E-state index contributed by atoms with van der Waals surface area (Å²) in [5, 5.41) is 10.8. The van der Waals surface area contributed by atoms with Gasteiger partial charge in [0.25, 0.3) is 5.56 Å². The minimum atomic E-state index is -0.164. The van der Waals surface area contributed by atoms with Crippen LogP contribution in [0.1, 0.15) is 12.5 Å². The average Bonchev–Trinajstić information content (AvgIpc) is 3.25. The number of hydrogen-bond acceptors (Lipinski definition) is 6. The molecule has 0 spiro atoms. The largest absolute Gasteiger partial charge is 0.502 e. The van der Waals surface area contributed by atoms with Crippen molar-refractivity contribution in [1.29, 1.82) is 0 Å². The Kier molecular flexibility index (Phi) is 5.17. The molecular formula is C21H17ClN2O4S. The molecule has 0 fully saturated rings. The highest BCUT2D eigenvalue weighted by molar-refractivity contribution is 7.15. The highest BCUT2D eigenvalue weighted by atomic mass is 35.5. The maximum Gasteiger partial charge on any atom is 0.274 e. The first-order chi connectivity index (χ1) is 14.0. The number of nitrogens with zero attached hydrogens (tertiary/aromatic N) is 2. The van der Waals surface area contributed by atoms with Crippen LogP contribution >= 0.6 is 22.9 Å². The van der Waals surface area contributed by atoms with Crippen LogP contribution in [-0.2, 0) is 0 Å².